The molecule has 2 aliphatic carbocycles. The van der Waals surface area contributed by atoms with Gasteiger partial charge in [0, 0.05) is 18.8 Å². The van der Waals surface area contributed by atoms with E-state index < -0.39 is 41.8 Å². The number of Topliss-reactive ketones (excluding diaryl/α,β-unsaturated/α-hetero) is 1. The summed E-state index contributed by atoms with van der Waals surface area (Å²) in [7, 11) is 0. The van der Waals surface area contributed by atoms with E-state index >= 15 is 0 Å². The largest absolute Gasteiger partial charge is 0.346 e. The van der Waals surface area contributed by atoms with Gasteiger partial charge >= 0.3 is 6.03 Å². The van der Waals surface area contributed by atoms with Crippen LogP contribution in [0.15, 0.2) is 73.8 Å². The number of nitrogens with one attached hydrogen (secondary N) is 4. The monoisotopic (exact) mass is 650 g/mol. The fourth-order valence-electron chi connectivity index (χ4n) is 7.36. The quantitative estimate of drug-likeness (QED) is 0.192. The number of piperidine rings is 1. The summed E-state index contributed by atoms with van der Waals surface area (Å²) in [5.41, 5.74) is 2.91. The molecule has 48 heavy (non-hydrogen) atoms. The number of anilines is 1. The number of rotatable bonds is 13. The van der Waals surface area contributed by atoms with Crippen LogP contribution in [-0.2, 0) is 32.0 Å². The van der Waals surface area contributed by atoms with Crippen molar-refractivity contribution in [3.05, 3.63) is 90.5 Å². The third-order valence-corrected chi connectivity index (χ3v) is 10.1. The molecule has 2 fully saturated rings. The Balaban J connectivity index is 1.39. The molecule has 4 N–H and O–H groups in total. The third-order valence-electron chi connectivity index (χ3n) is 10.1. The van der Waals surface area contributed by atoms with Crippen molar-refractivity contribution in [1.29, 1.82) is 5.26 Å². The molecule has 1 unspecified atom stereocenters. The highest BCUT2D eigenvalue weighted by molar-refractivity contribution is 6.38. The fourth-order valence-corrected chi connectivity index (χ4v) is 7.36. The number of likely N-dealkylation sites (tertiary alicyclic amines) is 1. The van der Waals surface area contributed by atoms with Crippen LogP contribution in [0.1, 0.15) is 43.4 Å². The van der Waals surface area contributed by atoms with E-state index in [1.54, 1.807) is 35.2 Å². The zero-order valence-corrected chi connectivity index (χ0v) is 27.3. The van der Waals surface area contributed by atoms with Crippen LogP contribution >= 0.6 is 0 Å². The molecule has 250 valence electrons. The second-order valence-corrected chi connectivity index (χ2v) is 13.4. The first-order valence-electron chi connectivity index (χ1n) is 16.3. The first-order valence-corrected chi connectivity index (χ1v) is 16.3. The highest BCUT2D eigenvalue weighted by Gasteiger charge is 2.69. The molecule has 5 rings (SSSR count). The maximum atomic E-state index is 14.6. The summed E-state index contributed by atoms with van der Waals surface area (Å²) >= 11 is 0. The summed E-state index contributed by atoms with van der Waals surface area (Å²) in [6, 6.07) is 12.8. The lowest BCUT2D eigenvalue weighted by molar-refractivity contribution is -0.144. The summed E-state index contributed by atoms with van der Waals surface area (Å²) in [5, 5.41) is 20.1. The summed E-state index contributed by atoms with van der Waals surface area (Å²) in [5.74, 6) is -2.83. The second-order valence-electron chi connectivity index (χ2n) is 13.4. The normalized spacial score (nSPS) is 21.4. The highest BCUT2D eigenvalue weighted by Crippen LogP contribution is 2.65. The molecule has 5 atom stereocenters. The summed E-state index contributed by atoms with van der Waals surface area (Å²) in [4.78, 5) is 69.2. The van der Waals surface area contributed by atoms with Crippen LogP contribution in [0.2, 0.25) is 0 Å². The minimum absolute atomic E-state index is 0.0596. The minimum atomic E-state index is -1.10. The van der Waals surface area contributed by atoms with Crippen molar-refractivity contribution in [2.75, 3.05) is 18.4 Å². The highest BCUT2D eigenvalue weighted by atomic mass is 16.2. The Hall–Kier alpha value is -5.24. The first-order chi connectivity index (χ1) is 23.0. The van der Waals surface area contributed by atoms with E-state index in [1.165, 1.54) is 6.08 Å². The predicted molar refractivity (Wildman–Crippen MR) is 180 cm³/mol. The van der Waals surface area contributed by atoms with E-state index in [-0.39, 0.29) is 42.0 Å². The molecule has 1 saturated heterocycles. The SMILES string of the molecule is C=CCCC(NC(=O)[C@@H]1[C@@H]2[C@H](CN1C(=O)[C@@H](NC(=O)Nc1ccc(C#N)cc1)C1Cc3ccccc3C1)C2(C)C)C(=O)C(=O)NCC=C. The lowest BCUT2D eigenvalue weighted by Gasteiger charge is -2.35. The number of ketones is 1. The van der Waals surface area contributed by atoms with Crippen LogP contribution in [0, 0.1) is 34.5 Å². The smallest absolute Gasteiger partial charge is 0.319 e. The number of carbonyl (C=O) groups excluding carboxylic acids is 5. The lowest BCUT2D eigenvalue weighted by atomic mass is 9.93. The van der Waals surface area contributed by atoms with Gasteiger partial charge in [-0.25, -0.2) is 4.79 Å². The van der Waals surface area contributed by atoms with E-state index in [0.717, 1.165) is 11.1 Å². The van der Waals surface area contributed by atoms with Crippen LogP contribution in [0.25, 0.3) is 0 Å². The zero-order valence-electron chi connectivity index (χ0n) is 27.3. The van der Waals surface area contributed by atoms with E-state index in [0.29, 0.717) is 37.1 Å². The van der Waals surface area contributed by atoms with Crippen molar-refractivity contribution in [2.45, 2.75) is 57.7 Å². The van der Waals surface area contributed by atoms with E-state index in [4.69, 9.17) is 5.26 Å². The van der Waals surface area contributed by atoms with E-state index in [2.05, 4.69) is 48.3 Å². The maximum absolute atomic E-state index is 14.6. The molecular formula is C37H42N6O5. The van der Waals surface area contributed by atoms with Crippen molar-refractivity contribution >= 4 is 35.2 Å². The van der Waals surface area contributed by atoms with Crippen LogP contribution in [-0.4, -0.2) is 65.7 Å². The maximum Gasteiger partial charge on any atom is 0.319 e. The van der Waals surface area contributed by atoms with Gasteiger partial charge in [0.05, 0.1) is 17.7 Å². The van der Waals surface area contributed by atoms with Crippen LogP contribution in [0.5, 0.6) is 0 Å². The van der Waals surface area contributed by atoms with Crippen molar-refractivity contribution < 1.29 is 24.0 Å². The molecule has 11 nitrogen and oxygen atoms in total. The Labute approximate surface area is 280 Å². The van der Waals surface area contributed by atoms with Gasteiger partial charge in [-0.2, -0.15) is 5.26 Å². The lowest BCUT2D eigenvalue weighted by Crippen LogP contribution is -2.60. The number of benzene rings is 2. The van der Waals surface area contributed by atoms with Gasteiger partial charge in [-0.3, -0.25) is 19.2 Å². The summed E-state index contributed by atoms with van der Waals surface area (Å²) in [6.07, 6.45) is 4.78. The van der Waals surface area contributed by atoms with Gasteiger partial charge < -0.3 is 26.2 Å². The number of fused-ring (bicyclic) bond motifs is 2. The van der Waals surface area contributed by atoms with Crippen molar-refractivity contribution in [1.82, 2.24) is 20.9 Å². The average Bonchev–Trinajstić information content (AvgIpc) is 3.44. The summed E-state index contributed by atoms with van der Waals surface area (Å²) in [6.45, 7) is 11.8. The average molecular weight is 651 g/mol. The second kappa shape index (κ2) is 14.3. The number of nitrogens with zero attached hydrogens (tertiary/aromatic N) is 2. The fraction of sp³-hybridized carbons (Fsp3) is 0.405. The summed E-state index contributed by atoms with van der Waals surface area (Å²) < 4.78 is 0. The molecule has 0 bridgehead atoms. The van der Waals surface area contributed by atoms with Gasteiger partial charge in [0.25, 0.3) is 5.91 Å². The van der Waals surface area contributed by atoms with Crippen LogP contribution in [0.3, 0.4) is 0 Å². The Morgan fingerprint density at radius 2 is 1.67 bits per heavy atom. The number of urea groups is 1. The minimum Gasteiger partial charge on any atom is -0.346 e. The third kappa shape index (κ3) is 7.03. The van der Waals surface area contributed by atoms with Gasteiger partial charge in [0.2, 0.25) is 17.6 Å². The van der Waals surface area contributed by atoms with Gasteiger partial charge in [0.15, 0.2) is 0 Å². The number of hydrogen-bond donors (Lipinski definition) is 4. The molecule has 11 heteroatoms. The molecule has 2 aromatic carbocycles. The van der Waals surface area contributed by atoms with Crippen LogP contribution in [0.4, 0.5) is 10.5 Å². The van der Waals surface area contributed by atoms with Crippen molar-refractivity contribution in [3.8, 4) is 6.07 Å². The molecule has 2 aromatic rings. The van der Waals surface area contributed by atoms with Gasteiger partial charge in [-0.1, -0.05) is 50.3 Å². The van der Waals surface area contributed by atoms with Crippen molar-refractivity contribution in [3.63, 3.8) is 0 Å². The topological polar surface area (TPSA) is 160 Å². The van der Waals surface area contributed by atoms with Gasteiger partial charge in [0.1, 0.15) is 12.1 Å². The number of nitriles is 1. The number of amides is 5. The Morgan fingerprint density at radius 1 is 1.00 bits per heavy atom. The Kier molecular flexibility index (Phi) is 10.1. The number of allylic oxidation sites excluding steroid dienone is 1. The van der Waals surface area contributed by atoms with Crippen molar-refractivity contribution in [2.24, 2.45) is 23.2 Å². The molecule has 3 aliphatic rings. The predicted octanol–water partition coefficient (Wildman–Crippen LogP) is 3.27. The molecule has 1 heterocycles. The molecule has 0 aromatic heterocycles. The number of carbonyl (C=O) groups is 5. The van der Waals surface area contributed by atoms with Gasteiger partial charge in [-0.05, 0) is 84.2 Å². The van der Waals surface area contributed by atoms with Gasteiger partial charge in [-0.15, -0.1) is 13.2 Å². The van der Waals surface area contributed by atoms with E-state index in [9.17, 15) is 24.0 Å². The molecule has 0 radical (unpaired) electrons. The standard InChI is InChI=1S/C37H42N6O5/c1-5-7-12-28(32(44)34(46)39-17-6-2)41-33(45)31-29-27(37(29,3)4)21-43(31)35(47)30(25-18-23-10-8-9-11-24(23)19-25)42-36(48)40-26-15-13-22(20-38)14-16-26/h5-6,8-11,13-16,25,27-31H,1-2,7,12,17-19,21H2,3-4H3,(H,39,46)(H,41,45)(H2,40,42,48)/t27-,28?,29-,30-,31-/m0/s1. The zero-order chi connectivity index (χ0) is 34.6. The molecule has 1 saturated carbocycles. The number of hydrogen-bond acceptors (Lipinski definition) is 6. The molecule has 5 amide bonds. The Bertz CT molecular complexity index is 1640. The van der Waals surface area contributed by atoms with Crippen LogP contribution < -0.4 is 21.3 Å². The Morgan fingerprint density at radius 3 is 2.27 bits per heavy atom. The van der Waals surface area contributed by atoms with E-state index in [1.807, 2.05) is 30.3 Å². The first kappa shape index (κ1) is 34.1. The molecule has 0 spiro atoms. The molecular weight excluding hydrogens is 608 g/mol. The molecule has 1 aliphatic heterocycles.